The molecule has 1 N–H and O–H groups in total. The molecule has 1 heterocycles. The first-order chi connectivity index (χ1) is 8.38. The minimum absolute atomic E-state index is 0.485. The van der Waals surface area contributed by atoms with Crippen LogP contribution >= 0.6 is 0 Å². The highest BCUT2D eigenvalue weighted by atomic mass is 16.5. The Hall–Kier alpha value is -0.120. The molecule has 0 amide bonds. The van der Waals surface area contributed by atoms with Gasteiger partial charge in [0.15, 0.2) is 0 Å². The predicted octanol–water partition coefficient (Wildman–Crippen LogP) is 2.35. The largest absolute Gasteiger partial charge is 0.381 e. The van der Waals surface area contributed by atoms with Crippen LogP contribution in [0.3, 0.4) is 0 Å². The fraction of sp³-hybridized carbons (Fsp3) is 1.00. The summed E-state index contributed by atoms with van der Waals surface area (Å²) in [5.74, 6) is 0.652. The van der Waals surface area contributed by atoms with Gasteiger partial charge in [-0.05, 0) is 45.1 Å². The van der Waals surface area contributed by atoms with Crippen LogP contribution in [0.4, 0.5) is 0 Å². The van der Waals surface area contributed by atoms with Gasteiger partial charge in [0.1, 0.15) is 0 Å². The minimum atomic E-state index is 0.485. The molecule has 2 rings (SSSR count). The van der Waals surface area contributed by atoms with E-state index in [2.05, 4.69) is 12.2 Å². The maximum absolute atomic E-state index is 6.06. The van der Waals surface area contributed by atoms with Gasteiger partial charge in [0, 0.05) is 18.6 Å². The van der Waals surface area contributed by atoms with Gasteiger partial charge < -0.3 is 14.8 Å². The molecule has 1 saturated heterocycles. The zero-order valence-corrected chi connectivity index (χ0v) is 11.1. The average Bonchev–Trinajstić information content (AvgIpc) is 2.87. The van der Waals surface area contributed by atoms with E-state index in [1.54, 1.807) is 0 Å². The molecule has 3 nitrogen and oxygen atoms in total. The molecular formula is C14H27NO2. The standard InChI is InChI=1S/C14H27NO2/c1-2-7-15-13-4-3-5-14(9-13)17-11-12-6-8-16-10-12/h12-15H,2-11H2,1H3. The van der Waals surface area contributed by atoms with E-state index in [1.807, 2.05) is 0 Å². The van der Waals surface area contributed by atoms with E-state index in [0.29, 0.717) is 18.1 Å². The summed E-state index contributed by atoms with van der Waals surface area (Å²) in [6, 6.07) is 0.688. The summed E-state index contributed by atoms with van der Waals surface area (Å²) in [4.78, 5) is 0. The normalized spacial score (nSPS) is 34.1. The van der Waals surface area contributed by atoms with Gasteiger partial charge in [-0.1, -0.05) is 6.92 Å². The smallest absolute Gasteiger partial charge is 0.0590 e. The van der Waals surface area contributed by atoms with Crippen molar-refractivity contribution in [1.82, 2.24) is 5.32 Å². The maximum atomic E-state index is 6.06. The van der Waals surface area contributed by atoms with Crippen molar-refractivity contribution in [1.29, 1.82) is 0 Å². The lowest BCUT2D eigenvalue weighted by Crippen LogP contribution is -2.37. The van der Waals surface area contributed by atoms with Crippen molar-refractivity contribution in [3.63, 3.8) is 0 Å². The summed E-state index contributed by atoms with van der Waals surface area (Å²) in [5, 5.41) is 3.62. The van der Waals surface area contributed by atoms with Crippen molar-refractivity contribution in [2.24, 2.45) is 5.92 Å². The van der Waals surface area contributed by atoms with E-state index in [9.17, 15) is 0 Å². The molecule has 0 aromatic heterocycles. The summed E-state index contributed by atoms with van der Waals surface area (Å²) in [6.45, 7) is 6.12. The SMILES string of the molecule is CCCNC1CCCC(OCC2CCOC2)C1. The second-order valence-corrected chi connectivity index (χ2v) is 5.50. The van der Waals surface area contributed by atoms with Crippen molar-refractivity contribution in [2.75, 3.05) is 26.4 Å². The Morgan fingerprint density at radius 3 is 3.00 bits per heavy atom. The highest BCUT2D eigenvalue weighted by Gasteiger charge is 2.24. The third-order valence-corrected chi connectivity index (χ3v) is 3.90. The molecule has 1 aliphatic heterocycles. The summed E-state index contributed by atoms with van der Waals surface area (Å²) in [5.41, 5.74) is 0. The molecule has 3 heteroatoms. The van der Waals surface area contributed by atoms with Crippen LogP contribution in [0, 0.1) is 5.92 Å². The van der Waals surface area contributed by atoms with E-state index in [4.69, 9.17) is 9.47 Å². The number of ether oxygens (including phenoxy) is 2. The van der Waals surface area contributed by atoms with E-state index in [-0.39, 0.29) is 0 Å². The molecule has 100 valence electrons. The maximum Gasteiger partial charge on any atom is 0.0590 e. The van der Waals surface area contributed by atoms with Crippen molar-refractivity contribution in [3.05, 3.63) is 0 Å². The van der Waals surface area contributed by atoms with Crippen LogP contribution in [-0.4, -0.2) is 38.5 Å². The van der Waals surface area contributed by atoms with Gasteiger partial charge in [0.2, 0.25) is 0 Å². The fourth-order valence-corrected chi connectivity index (χ4v) is 2.82. The Morgan fingerprint density at radius 1 is 1.29 bits per heavy atom. The first-order valence-electron chi connectivity index (χ1n) is 7.31. The molecule has 0 aromatic rings. The monoisotopic (exact) mass is 241 g/mol. The van der Waals surface area contributed by atoms with Crippen LogP contribution < -0.4 is 5.32 Å². The minimum Gasteiger partial charge on any atom is -0.381 e. The van der Waals surface area contributed by atoms with Gasteiger partial charge in [0.05, 0.1) is 19.3 Å². The Balaban J connectivity index is 1.62. The van der Waals surface area contributed by atoms with Crippen LogP contribution in [0.1, 0.15) is 45.4 Å². The second kappa shape index (κ2) is 7.34. The highest BCUT2D eigenvalue weighted by molar-refractivity contribution is 4.78. The zero-order chi connectivity index (χ0) is 11.9. The van der Waals surface area contributed by atoms with Gasteiger partial charge in [-0.2, -0.15) is 0 Å². The second-order valence-electron chi connectivity index (χ2n) is 5.50. The third kappa shape index (κ3) is 4.57. The van der Waals surface area contributed by atoms with E-state index >= 15 is 0 Å². The number of hydrogen-bond acceptors (Lipinski definition) is 3. The van der Waals surface area contributed by atoms with Gasteiger partial charge >= 0.3 is 0 Å². The van der Waals surface area contributed by atoms with E-state index in [0.717, 1.165) is 26.4 Å². The first-order valence-corrected chi connectivity index (χ1v) is 7.31. The van der Waals surface area contributed by atoms with Crippen molar-refractivity contribution in [2.45, 2.75) is 57.6 Å². The summed E-state index contributed by atoms with van der Waals surface area (Å²) in [7, 11) is 0. The molecule has 0 spiro atoms. The third-order valence-electron chi connectivity index (χ3n) is 3.90. The van der Waals surface area contributed by atoms with Gasteiger partial charge in [-0.25, -0.2) is 0 Å². The van der Waals surface area contributed by atoms with E-state index in [1.165, 1.54) is 38.5 Å². The molecule has 1 saturated carbocycles. The molecule has 3 atom stereocenters. The van der Waals surface area contributed by atoms with Crippen LogP contribution in [-0.2, 0) is 9.47 Å². The zero-order valence-electron chi connectivity index (χ0n) is 11.1. The van der Waals surface area contributed by atoms with E-state index < -0.39 is 0 Å². The van der Waals surface area contributed by atoms with Crippen molar-refractivity contribution >= 4 is 0 Å². The molecule has 0 bridgehead atoms. The number of hydrogen-bond donors (Lipinski definition) is 1. The Labute approximate surface area is 105 Å². The van der Waals surface area contributed by atoms with Gasteiger partial charge in [-0.3, -0.25) is 0 Å². The number of rotatable bonds is 6. The van der Waals surface area contributed by atoms with Gasteiger partial charge in [-0.15, -0.1) is 0 Å². The molecule has 0 radical (unpaired) electrons. The van der Waals surface area contributed by atoms with Gasteiger partial charge in [0.25, 0.3) is 0 Å². The summed E-state index contributed by atoms with van der Waals surface area (Å²) >= 11 is 0. The van der Waals surface area contributed by atoms with Crippen LogP contribution in [0.5, 0.6) is 0 Å². The van der Waals surface area contributed by atoms with Crippen LogP contribution in [0.25, 0.3) is 0 Å². The van der Waals surface area contributed by atoms with Crippen molar-refractivity contribution in [3.8, 4) is 0 Å². The lowest BCUT2D eigenvalue weighted by atomic mass is 9.92. The Morgan fingerprint density at radius 2 is 2.24 bits per heavy atom. The molecule has 3 unspecified atom stereocenters. The lowest BCUT2D eigenvalue weighted by Gasteiger charge is -2.30. The molecule has 2 fully saturated rings. The summed E-state index contributed by atoms with van der Waals surface area (Å²) in [6.07, 6.45) is 7.98. The molecule has 17 heavy (non-hydrogen) atoms. The highest BCUT2D eigenvalue weighted by Crippen LogP contribution is 2.23. The molecular weight excluding hydrogens is 214 g/mol. The molecule has 0 aromatic carbocycles. The fourth-order valence-electron chi connectivity index (χ4n) is 2.82. The lowest BCUT2D eigenvalue weighted by molar-refractivity contribution is -0.00103. The van der Waals surface area contributed by atoms with Crippen LogP contribution in [0.15, 0.2) is 0 Å². The molecule has 1 aliphatic carbocycles. The Bertz CT molecular complexity index is 204. The summed E-state index contributed by atoms with van der Waals surface area (Å²) < 4.78 is 11.4. The molecule has 2 aliphatic rings. The quantitative estimate of drug-likeness (QED) is 0.774. The predicted molar refractivity (Wildman–Crippen MR) is 69.2 cm³/mol. The Kier molecular flexibility index (Phi) is 5.75. The van der Waals surface area contributed by atoms with Crippen molar-refractivity contribution < 1.29 is 9.47 Å². The first kappa shape index (κ1) is 13.3. The van der Waals surface area contributed by atoms with Crippen LogP contribution in [0.2, 0.25) is 0 Å². The number of nitrogens with one attached hydrogen (secondary N) is 1. The average molecular weight is 241 g/mol. The topological polar surface area (TPSA) is 30.5 Å².